The van der Waals surface area contributed by atoms with Crippen LogP contribution in [-0.2, 0) is 11.2 Å². The highest BCUT2D eigenvalue weighted by Gasteiger charge is 2.14. The van der Waals surface area contributed by atoms with Gasteiger partial charge in [-0.05, 0) is 30.2 Å². The molecule has 0 bridgehead atoms. The lowest BCUT2D eigenvalue weighted by atomic mass is 10.1. The van der Waals surface area contributed by atoms with Gasteiger partial charge in [0.05, 0.1) is 0 Å². The maximum absolute atomic E-state index is 11.9. The second kappa shape index (κ2) is 7.56. The molecule has 1 aromatic carbocycles. The third-order valence-electron chi connectivity index (χ3n) is 3.39. The van der Waals surface area contributed by atoms with Crippen molar-refractivity contribution in [2.24, 2.45) is 0 Å². The van der Waals surface area contributed by atoms with Crippen molar-refractivity contribution in [2.45, 2.75) is 32.2 Å². The molecule has 104 valence electrons. The Hall–Kier alpha value is -1.000. The van der Waals surface area contributed by atoms with Crippen LogP contribution in [0.2, 0.25) is 0 Å². The summed E-state index contributed by atoms with van der Waals surface area (Å²) in [6, 6.07) is 8.60. The lowest BCUT2D eigenvalue weighted by Crippen LogP contribution is -2.31. The van der Waals surface area contributed by atoms with Crippen molar-refractivity contribution in [1.29, 1.82) is 0 Å². The summed E-state index contributed by atoms with van der Waals surface area (Å²) in [6.07, 6.45) is 2.71. The van der Waals surface area contributed by atoms with E-state index in [-0.39, 0.29) is 5.91 Å². The second-order valence-electron chi connectivity index (χ2n) is 4.82. The minimum atomic E-state index is 0.0963. The van der Waals surface area contributed by atoms with E-state index in [4.69, 9.17) is 0 Å². The average Bonchev–Trinajstić information content (AvgIpc) is 2.92. The van der Waals surface area contributed by atoms with Crippen LogP contribution in [0, 0.1) is 0 Å². The van der Waals surface area contributed by atoms with Crippen LogP contribution in [0.15, 0.2) is 24.3 Å². The first-order chi connectivity index (χ1) is 9.29. The number of hydrogen-bond donors (Lipinski definition) is 2. The van der Waals surface area contributed by atoms with Crippen LogP contribution in [0.1, 0.15) is 25.3 Å². The fraction of sp³-hybridized carbons (Fsp3) is 0.533. The first kappa shape index (κ1) is 14.4. The molecule has 4 heteroatoms. The largest absolute Gasteiger partial charge is 0.326 e. The molecule has 1 aromatic rings. The number of rotatable bonds is 6. The molecule has 1 heterocycles. The number of benzene rings is 1. The summed E-state index contributed by atoms with van der Waals surface area (Å²) in [4.78, 5) is 11.9. The number of amides is 1. The first-order valence-electron chi connectivity index (χ1n) is 6.98. The smallest absolute Gasteiger partial charge is 0.225 e. The van der Waals surface area contributed by atoms with Crippen LogP contribution in [0.3, 0.4) is 0 Å². The summed E-state index contributed by atoms with van der Waals surface area (Å²) in [6.45, 7) is 2.87. The van der Waals surface area contributed by atoms with E-state index < -0.39 is 0 Å². The van der Waals surface area contributed by atoms with Crippen molar-refractivity contribution in [3.63, 3.8) is 0 Å². The SMILES string of the molecule is CCc1ccccc1NC(=O)CCN[C@H]1CCSC1. The van der Waals surface area contributed by atoms with Gasteiger partial charge in [-0.3, -0.25) is 4.79 Å². The zero-order chi connectivity index (χ0) is 13.5. The molecule has 0 aromatic heterocycles. The minimum absolute atomic E-state index is 0.0963. The fourth-order valence-electron chi connectivity index (χ4n) is 2.25. The fourth-order valence-corrected chi connectivity index (χ4v) is 3.44. The summed E-state index contributed by atoms with van der Waals surface area (Å²) < 4.78 is 0. The highest BCUT2D eigenvalue weighted by atomic mass is 32.2. The second-order valence-corrected chi connectivity index (χ2v) is 5.97. The molecule has 19 heavy (non-hydrogen) atoms. The van der Waals surface area contributed by atoms with Crippen LogP contribution in [0.4, 0.5) is 5.69 Å². The number of carbonyl (C=O) groups excluding carboxylic acids is 1. The van der Waals surface area contributed by atoms with Gasteiger partial charge < -0.3 is 10.6 Å². The van der Waals surface area contributed by atoms with Crippen LogP contribution >= 0.6 is 11.8 Å². The Morgan fingerprint density at radius 1 is 1.42 bits per heavy atom. The van der Waals surface area contributed by atoms with Gasteiger partial charge in [-0.2, -0.15) is 11.8 Å². The van der Waals surface area contributed by atoms with Crippen molar-refractivity contribution < 1.29 is 4.79 Å². The molecule has 1 atom stereocenters. The lowest BCUT2D eigenvalue weighted by molar-refractivity contribution is -0.116. The third kappa shape index (κ3) is 4.55. The van der Waals surface area contributed by atoms with Gasteiger partial charge >= 0.3 is 0 Å². The molecule has 1 aliphatic rings. The Morgan fingerprint density at radius 3 is 3.00 bits per heavy atom. The van der Waals surface area contributed by atoms with Gasteiger partial charge in [0, 0.05) is 30.4 Å². The van der Waals surface area contributed by atoms with Gasteiger partial charge in [0.15, 0.2) is 0 Å². The average molecular weight is 278 g/mol. The zero-order valence-corrected chi connectivity index (χ0v) is 12.3. The minimum Gasteiger partial charge on any atom is -0.326 e. The third-order valence-corrected chi connectivity index (χ3v) is 4.55. The van der Waals surface area contributed by atoms with E-state index in [9.17, 15) is 4.79 Å². The zero-order valence-electron chi connectivity index (χ0n) is 11.4. The van der Waals surface area contributed by atoms with Crippen LogP contribution in [0.25, 0.3) is 0 Å². The molecule has 1 fully saturated rings. The maximum atomic E-state index is 11.9. The monoisotopic (exact) mass is 278 g/mol. The molecule has 1 amide bonds. The molecule has 0 radical (unpaired) electrons. The molecule has 2 rings (SSSR count). The number of thioether (sulfide) groups is 1. The molecule has 1 saturated heterocycles. The Bertz CT molecular complexity index is 416. The molecular weight excluding hydrogens is 256 g/mol. The summed E-state index contributed by atoms with van der Waals surface area (Å²) >= 11 is 1.99. The van der Waals surface area contributed by atoms with Gasteiger partial charge in [-0.1, -0.05) is 25.1 Å². The standard InChI is InChI=1S/C15H22N2OS/c1-2-12-5-3-4-6-14(12)17-15(18)7-9-16-13-8-10-19-11-13/h3-6,13,16H,2,7-11H2,1H3,(H,17,18)/t13-/m0/s1. The number of para-hydroxylation sites is 1. The normalized spacial score (nSPS) is 18.5. The highest BCUT2D eigenvalue weighted by Crippen LogP contribution is 2.17. The van der Waals surface area contributed by atoms with Crippen LogP contribution in [-0.4, -0.2) is 30.0 Å². The summed E-state index contributed by atoms with van der Waals surface area (Å²) in [7, 11) is 0. The van der Waals surface area contributed by atoms with Crippen molar-refractivity contribution in [1.82, 2.24) is 5.32 Å². The number of anilines is 1. The van der Waals surface area contributed by atoms with E-state index >= 15 is 0 Å². The van der Waals surface area contributed by atoms with Crippen LogP contribution < -0.4 is 10.6 Å². The molecular formula is C15H22N2OS. The number of nitrogens with one attached hydrogen (secondary N) is 2. The molecule has 0 saturated carbocycles. The van der Waals surface area contributed by atoms with E-state index in [2.05, 4.69) is 23.6 Å². The first-order valence-corrected chi connectivity index (χ1v) is 8.14. The van der Waals surface area contributed by atoms with Crippen molar-refractivity contribution in [2.75, 3.05) is 23.4 Å². The van der Waals surface area contributed by atoms with Gasteiger partial charge in [-0.15, -0.1) is 0 Å². The van der Waals surface area contributed by atoms with Crippen molar-refractivity contribution >= 4 is 23.4 Å². The van der Waals surface area contributed by atoms with Crippen molar-refractivity contribution in [3.05, 3.63) is 29.8 Å². The molecule has 0 aliphatic carbocycles. The molecule has 2 N–H and O–H groups in total. The predicted molar refractivity (Wildman–Crippen MR) is 82.8 cm³/mol. The Balaban J connectivity index is 1.74. The Morgan fingerprint density at radius 2 is 2.26 bits per heavy atom. The van der Waals surface area contributed by atoms with E-state index in [0.717, 1.165) is 18.7 Å². The highest BCUT2D eigenvalue weighted by molar-refractivity contribution is 7.99. The van der Waals surface area contributed by atoms with E-state index in [1.54, 1.807) is 0 Å². The van der Waals surface area contributed by atoms with E-state index in [0.29, 0.717) is 12.5 Å². The van der Waals surface area contributed by atoms with Crippen molar-refractivity contribution in [3.8, 4) is 0 Å². The van der Waals surface area contributed by atoms with Gasteiger partial charge in [-0.25, -0.2) is 0 Å². The van der Waals surface area contributed by atoms with Gasteiger partial charge in [0.25, 0.3) is 0 Å². The number of aryl methyl sites for hydroxylation is 1. The number of carbonyl (C=O) groups is 1. The van der Waals surface area contributed by atoms with Gasteiger partial charge in [0.2, 0.25) is 5.91 Å². The Labute approximate surface area is 119 Å². The topological polar surface area (TPSA) is 41.1 Å². The van der Waals surface area contributed by atoms with E-state index in [1.165, 1.54) is 23.5 Å². The number of hydrogen-bond acceptors (Lipinski definition) is 3. The molecule has 0 unspecified atom stereocenters. The van der Waals surface area contributed by atoms with Crippen LogP contribution in [0.5, 0.6) is 0 Å². The molecule has 3 nitrogen and oxygen atoms in total. The Kier molecular flexibility index (Phi) is 5.73. The van der Waals surface area contributed by atoms with Gasteiger partial charge in [0.1, 0.15) is 0 Å². The summed E-state index contributed by atoms with van der Waals surface area (Å²) in [5, 5.41) is 6.45. The predicted octanol–water partition coefficient (Wildman–Crippen LogP) is 2.67. The molecule has 1 aliphatic heterocycles. The summed E-state index contributed by atoms with van der Waals surface area (Å²) in [5.41, 5.74) is 2.14. The lowest BCUT2D eigenvalue weighted by Gasteiger charge is -2.12. The molecule has 0 spiro atoms. The maximum Gasteiger partial charge on any atom is 0.225 e. The van der Waals surface area contributed by atoms with E-state index in [1.807, 2.05) is 30.0 Å². The quantitative estimate of drug-likeness (QED) is 0.840. The summed E-state index contributed by atoms with van der Waals surface area (Å²) in [5.74, 6) is 2.52.